The van der Waals surface area contributed by atoms with Gasteiger partial charge in [0.2, 0.25) is 5.91 Å². The van der Waals surface area contributed by atoms with E-state index in [0.717, 1.165) is 41.3 Å². The van der Waals surface area contributed by atoms with E-state index in [4.69, 9.17) is 5.73 Å². The molecule has 1 aromatic carbocycles. The van der Waals surface area contributed by atoms with Gasteiger partial charge in [-0.2, -0.15) is 0 Å². The molecule has 0 radical (unpaired) electrons. The number of hydrogen-bond acceptors (Lipinski definition) is 3. The number of fused-ring (bicyclic) bond motifs is 1. The Hall–Kier alpha value is -1.92. The highest BCUT2D eigenvalue weighted by Gasteiger charge is 2.23. The molecule has 0 fully saturated rings. The number of primary amides is 1. The van der Waals surface area contributed by atoms with Gasteiger partial charge < -0.3 is 11.1 Å². The van der Waals surface area contributed by atoms with Crippen molar-refractivity contribution in [2.75, 3.05) is 5.32 Å². The van der Waals surface area contributed by atoms with E-state index in [1.807, 2.05) is 24.3 Å². The summed E-state index contributed by atoms with van der Waals surface area (Å²) < 4.78 is 0.987. The molecule has 0 bridgehead atoms. The van der Waals surface area contributed by atoms with Crippen molar-refractivity contribution in [2.45, 2.75) is 38.5 Å². The molecule has 3 rings (SSSR count). The largest absolute Gasteiger partial charge is 0.365 e. The van der Waals surface area contributed by atoms with E-state index in [0.29, 0.717) is 10.6 Å². The number of amides is 2. The number of carbonyl (C=O) groups is 2. The normalized spacial score (nSPS) is 14.5. The minimum Gasteiger partial charge on any atom is -0.365 e. The molecule has 0 atom stereocenters. The summed E-state index contributed by atoms with van der Waals surface area (Å²) >= 11 is 4.88. The van der Waals surface area contributed by atoms with Crippen LogP contribution >= 0.6 is 27.3 Å². The molecule has 1 aliphatic carbocycles. The van der Waals surface area contributed by atoms with Gasteiger partial charge in [0.15, 0.2) is 0 Å². The van der Waals surface area contributed by atoms with Crippen LogP contribution in [0.4, 0.5) is 5.00 Å². The summed E-state index contributed by atoms with van der Waals surface area (Å²) in [7, 11) is 0. The van der Waals surface area contributed by atoms with E-state index < -0.39 is 5.91 Å². The number of rotatable bonds is 4. The molecule has 0 saturated carbocycles. The Kier molecular flexibility index (Phi) is 6.27. The minimum atomic E-state index is -0.463. The molecule has 0 aliphatic heterocycles. The lowest BCUT2D eigenvalue weighted by molar-refractivity contribution is -0.111. The molecular formula is C20H21BrN2O2S. The van der Waals surface area contributed by atoms with Gasteiger partial charge in [-0.3, -0.25) is 9.59 Å². The van der Waals surface area contributed by atoms with Crippen LogP contribution in [0, 0.1) is 0 Å². The summed E-state index contributed by atoms with van der Waals surface area (Å²) in [6.07, 6.45) is 9.58. The third-order valence-electron chi connectivity index (χ3n) is 4.45. The summed E-state index contributed by atoms with van der Waals surface area (Å²) in [5.74, 6) is -0.722. The lowest BCUT2D eigenvalue weighted by atomic mass is 9.96. The second kappa shape index (κ2) is 8.64. The van der Waals surface area contributed by atoms with Crippen molar-refractivity contribution in [1.82, 2.24) is 0 Å². The molecule has 3 N–H and O–H groups in total. The molecule has 1 aromatic heterocycles. The van der Waals surface area contributed by atoms with Gasteiger partial charge in [-0.25, -0.2) is 0 Å². The molecule has 26 heavy (non-hydrogen) atoms. The Morgan fingerprint density at radius 3 is 2.46 bits per heavy atom. The number of nitrogens with two attached hydrogens (primary N) is 1. The first kappa shape index (κ1) is 18.9. The molecule has 0 saturated heterocycles. The zero-order valence-electron chi connectivity index (χ0n) is 14.4. The zero-order chi connectivity index (χ0) is 18.5. The Balaban J connectivity index is 1.80. The monoisotopic (exact) mass is 432 g/mol. The van der Waals surface area contributed by atoms with Crippen LogP contribution in [0.5, 0.6) is 0 Å². The Bertz CT molecular complexity index is 840. The number of hydrogen-bond donors (Lipinski definition) is 2. The van der Waals surface area contributed by atoms with E-state index in [2.05, 4.69) is 21.2 Å². The minimum absolute atomic E-state index is 0.260. The molecule has 1 aliphatic rings. The van der Waals surface area contributed by atoms with Crippen molar-refractivity contribution < 1.29 is 9.59 Å². The van der Waals surface area contributed by atoms with Gasteiger partial charge in [0.25, 0.3) is 5.91 Å². The number of benzene rings is 1. The topological polar surface area (TPSA) is 72.2 Å². The second-order valence-corrected chi connectivity index (χ2v) is 8.38. The summed E-state index contributed by atoms with van der Waals surface area (Å²) in [6, 6.07) is 7.67. The van der Waals surface area contributed by atoms with Crippen molar-refractivity contribution >= 4 is 50.2 Å². The van der Waals surface area contributed by atoms with Gasteiger partial charge in [-0.05, 0) is 55.0 Å². The van der Waals surface area contributed by atoms with Crippen LogP contribution in [0.3, 0.4) is 0 Å². The van der Waals surface area contributed by atoms with E-state index in [9.17, 15) is 9.59 Å². The molecule has 136 valence electrons. The van der Waals surface area contributed by atoms with E-state index in [1.54, 1.807) is 6.08 Å². The molecule has 0 spiro atoms. The van der Waals surface area contributed by atoms with Crippen molar-refractivity contribution in [2.24, 2.45) is 5.73 Å². The third kappa shape index (κ3) is 4.62. The van der Waals surface area contributed by atoms with E-state index in [-0.39, 0.29) is 5.91 Å². The Morgan fingerprint density at radius 1 is 1.08 bits per heavy atom. The molecule has 1 heterocycles. The SMILES string of the molecule is NC(=O)c1c(NC(=O)C=Cc2ccc(Br)cc2)sc2c1CCCCCC2. The first-order chi connectivity index (χ1) is 12.5. The van der Waals surface area contributed by atoms with Crippen LogP contribution in [0.15, 0.2) is 34.8 Å². The quantitative estimate of drug-likeness (QED) is 0.672. The smallest absolute Gasteiger partial charge is 0.251 e. The highest BCUT2D eigenvalue weighted by molar-refractivity contribution is 9.10. The van der Waals surface area contributed by atoms with Gasteiger partial charge in [0.05, 0.1) is 5.56 Å². The van der Waals surface area contributed by atoms with Crippen molar-refractivity contribution in [3.05, 3.63) is 56.4 Å². The number of thiophene rings is 1. The fourth-order valence-corrected chi connectivity index (χ4v) is 4.73. The van der Waals surface area contributed by atoms with Gasteiger partial charge in [-0.1, -0.05) is 40.9 Å². The highest BCUT2D eigenvalue weighted by Crippen LogP contribution is 2.36. The molecule has 6 heteroatoms. The fraction of sp³-hybridized carbons (Fsp3) is 0.300. The fourth-order valence-electron chi connectivity index (χ4n) is 3.17. The highest BCUT2D eigenvalue weighted by atomic mass is 79.9. The van der Waals surface area contributed by atoms with Crippen LogP contribution < -0.4 is 11.1 Å². The average molecular weight is 433 g/mol. The summed E-state index contributed by atoms with van der Waals surface area (Å²) in [5.41, 5.74) is 8.08. The number of carbonyl (C=O) groups excluding carboxylic acids is 2. The Labute approximate surface area is 165 Å². The van der Waals surface area contributed by atoms with Crippen LogP contribution in [0.2, 0.25) is 0 Å². The summed E-state index contributed by atoms with van der Waals surface area (Å²) in [5, 5.41) is 3.43. The second-order valence-electron chi connectivity index (χ2n) is 6.36. The molecule has 0 unspecified atom stereocenters. The summed E-state index contributed by atoms with van der Waals surface area (Å²) in [6.45, 7) is 0. The molecule has 4 nitrogen and oxygen atoms in total. The maximum atomic E-state index is 12.3. The zero-order valence-corrected chi connectivity index (χ0v) is 16.8. The number of nitrogens with one attached hydrogen (secondary N) is 1. The standard InChI is InChI=1S/C20H21BrN2O2S/c21-14-10-7-13(8-11-14)9-12-17(24)23-20-18(19(22)25)15-5-3-1-2-4-6-16(15)26-20/h7-12H,1-6H2,(H2,22,25)(H,23,24). The maximum absolute atomic E-state index is 12.3. The van der Waals surface area contributed by atoms with Crippen LogP contribution in [-0.2, 0) is 17.6 Å². The Morgan fingerprint density at radius 2 is 1.77 bits per heavy atom. The van der Waals surface area contributed by atoms with E-state index in [1.165, 1.54) is 35.1 Å². The number of aryl methyl sites for hydroxylation is 1. The van der Waals surface area contributed by atoms with Gasteiger partial charge in [0, 0.05) is 15.4 Å². The van der Waals surface area contributed by atoms with E-state index >= 15 is 0 Å². The predicted octanol–water partition coefficient (Wildman–Crippen LogP) is 4.92. The number of halogens is 1. The van der Waals surface area contributed by atoms with Crippen molar-refractivity contribution in [3.63, 3.8) is 0 Å². The lowest BCUT2D eigenvalue weighted by Crippen LogP contribution is -2.17. The molecule has 2 amide bonds. The lowest BCUT2D eigenvalue weighted by Gasteiger charge is -2.10. The van der Waals surface area contributed by atoms with Crippen LogP contribution in [0.25, 0.3) is 6.08 Å². The van der Waals surface area contributed by atoms with Gasteiger partial charge in [0.1, 0.15) is 5.00 Å². The molecule has 2 aromatic rings. The first-order valence-electron chi connectivity index (χ1n) is 8.73. The summed E-state index contributed by atoms with van der Waals surface area (Å²) in [4.78, 5) is 25.5. The van der Waals surface area contributed by atoms with Gasteiger partial charge >= 0.3 is 0 Å². The average Bonchev–Trinajstić information content (AvgIpc) is 2.91. The predicted molar refractivity (Wildman–Crippen MR) is 111 cm³/mol. The van der Waals surface area contributed by atoms with Crippen LogP contribution in [-0.4, -0.2) is 11.8 Å². The number of anilines is 1. The van der Waals surface area contributed by atoms with Crippen molar-refractivity contribution in [1.29, 1.82) is 0 Å². The first-order valence-corrected chi connectivity index (χ1v) is 10.3. The maximum Gasteiger partial charge on any atom is 0.251 e. The van der Waals surface area contributed by atoms with Gasteiger partial charge in [-0.15, -0.1) is 11.3 Å². The van der Waals surface area contributed by atoms with Crippen LogP contribution in [0.1, 0.15) is 52.0 Å². The third-order valence-corrected chi connectivity index (χ3v) is 6.19. The molecular weight excluding hydrogens is 412 g/mol. The van der Waals surface area contributed by atoms with Crippen molar-refractivity contribution in [3.8, 4) is 0 Å².